The van der Waals surface area contributed by atoms with Gasteiger partial charge in [0, 0.05) is 20.9 Å². The van der Waals surface area contributed by atoms with Gasteiger partial charge < -0.3 is 11.1 Å². The maximum atomic E-state index is 11.8. The van der Waals surface area contributed by atoms with E-state index in [-0.39, 0.29) is 12.3 Å². The maximum Gasteiger partial charge on any atom is 0.226 e. The minimum Gasteiger partial charge on any atom is -0.325 e. The molecule has 0 saturated heterocycles. The van der Waals surface area contributed by atoms with Gasteiger partial charge in [0.1, 0.15) is 0 Å². The summed E-state index contributed by atoms with van der Waals surface area (Å²) in [5.74, 6) is -0.0947. The van der Waals surface area contributed by atoms with Crippen LogP contribution in [0.4, 0.5) is 5.69 Å². The molecule has 0 fully saturated rings. The third kappa shape index (κ3) is 4.77. The molecule has 1 rings (SSSR count). The van der Waals surface area contributed by atoms with E-state index in [4.69, 9.17) is 5.73 Å². The highest BCUT2D eigenvalue weighted by molar-refractivity contribution is 9.11. The second-order valence-electron chi connectivity index (χ2n) is 4.82. The molecule has 1 amide bonds. The van der Waals surface area contributed by atoms with E-state index in [1.165, 1.54) is 0 Å². The predicted molar refractivity (Wildman–Crippen MR) is 78.1 cm³/mol. The van der Waals surface area contributed by atoms with Crippen LogP contribution in [0.1, 0.15) is 25.8 Å². The number of rotatable bonds is 3. The summed E-state index contributed by atoms with van der Waals surface area (Å²) in [6.45, 7) is 5.64. The van der Waals surface area contributed by atoms with Gasteiger partial charge in [-0.3, -0.25) is 4.79 Å². The largest absolute Gasteiger partial charge is 0.325 e. The van der Waals surface area contributed by atoms with Gasteiger partial charge in [0.05, 0.1) is 5.69 Å². The van der Waals surface area contributed by atoms with Crippen molar-refractivity contribution >= 4 is 43.5 Å². The highest BCUT2D eigenvalue weighted by atomic mass is 79.9. The zero-order chi connectivity index (χ0) is 13.2. The Morgan fingerprint density at radius 2 is 1.82 bits per heavy atom. The first-order chi connectivity index (χ1) is 7.69. The van der Waals surface area contributed by atoms with E-state index >= 15 is 0 Å². The Kier molecular flexibility index (Phi) is 4.75. The number of carbonyl (C=O) groups is 1. The summed E-state index contributed by atoms with van der Waals surface area (Å²) in [6, 6.07) is 3.90. The van der Waals surface area contributed by atoms with Gasteiger partial charge in [-0.2, -0.15) is 0 Å². The van der Waals surface area contributed by atoms with Gasteiger partial charge in [0.25, 0.3) is 0 Å². The lowest BCUT2D eigenvalue weighted by molar-refractivity contribution is -0.117. The zero-order valence-corrected chi connectivity index (χ0v) is 13.3. The minimum absolute atomic E-state index is 0.0947. The average Bonchev–Trinajstić information content (AvgIpc) is 2.08. The summed E-state index contributed by atoms with van der Waals surface area (Å²) in [5.41, 5.74) is 7.15. The first-order valence-corrected chi connectivity index (χ1v) is 6.82. The molecule has 0 aliphatic heterocycles. The Balaban J connectivity index is 2.86. The lowest BCUT2D eigenvalue weighted by atomic mass is 10.0. The van der Waals surface area contributed by atoms with Crippen LogP contribution in [0.25, 0.3) is 0 Å². The molecule has 0 saturated carbocycles. The van der Waals surface area contributed by atoms with Crippen molar-refractivity contribution in [2.24, 2.45) is 5.73 Å². The molecule has 5 heteroatoms. The van der Waals surface area contributed by atoms with E-state index in [2.05, 4.69) is 37.2 Å². The van der Waals surface area contributed by atoms with Gasteiger partial charge >= 0.3 is 0 Å². The number of nitrogens with two attached hydrogens (primary N) is 1. The second kappa shape index (κ2) is 5.50. The first kappa shape index (κ1) is 14.7. The number of hydrogen-bond donors (Lipinski definition) is 2. The molecule has 3 nitrogen and oxygen atoms in total. The van der Waals surface area contributed by atoms with E-state index < -0.39 is 5.54 Å². The molecule has 0 bridgehead atoms. The summed E-state index contributed by atoms with van der Waals surface area (Å²) in [5, 5.41) is 2.85. The lowest BCUT2D eigenvalue weighted by Crippen LogP contribution is -2.36. The number of amides is 1. The van der Waals surface area contributed by atoms with Crippen molar-refractivity contribution in [1.29, 1.82) is 0 Å². The molecule has 1 aromatic carbocycles. The highest BCUT2D eigenvalue weighted by Gasteiger charge is 2.18. The van der Waals surface area contributed by atoms with Gasteiger partial charge in [-0.25, -0.2) is 0 Å². The number of hydrogen-bond acceptors (Lipinski definition) is 2. The SMILES string of the molecule is Cc1cc(Br)c(NC(=O)CC(C)(C)N)c(Br)c1. The van der Waals surface area contributed by atoms with Crippen molar-refractivity contribution in [3.05, 3.63) is 26.6 Å². The first-order valence-electron chi connectivity index (χ1n) is 5.23. The minimum atomic E-state index is -0.506. The van der Waals surface area contributed by atoms with E-state index in [1.54, 1.807) is 0 Å². The summed E-state index contributed by atoms with van der Waals surface area (Å²) >= 11 is 6.86. The fourth-order valence-corrected chi connectivity index (χ4v) is 3.03. The van der Waals surface area contributed by atoms with Crippen molar-refractivity contribution in [3.8, 4) is 0 Å². The van der Waals surface area contributed by atoms with Crippen LogP contribution in [-0.4, -0.2) is 11.4 Å². The summed E-state index contributed by atoms with van der Waals surface area (Å²) in [7, 11) is 0. The van der Waals surface area contributed by atoms with Crippen molar-refractivity contribution in [3.63, 3.8) is 0 Å². The van der Waals surface area contributed by atoms with Gasteiger partial charge in [0.2, 0.25) is 5.91 Å². The molecular weight excluding hydrogens is 348 g/mol. The lowest BCUT2D eigenvalue weighted by Gasteiger charge is -2.18. The van der Waals surface area contributed by atoms with Gasteiger partial charge in [-0.1, -0.05) is 0 Å². The standard InChI is InChI=1S/C12H16Br2N2O/c1-7-4-8(13)11(9(14)5-7)16-10(17)6-12(2,3)15/h4-5H,6,15H2,1-3H3,(H,16,17). The summed E-state index contributed by atoms with van der Waals surface area (Å²) in [6.07, 6.45) is 0.278. The third-order valence-corrected chi connectivity index (χ3v) is 3.32. The normalized spacial score (nSPS) is 11.4. The van der Waals surface area contributed by atoms with Crippen molar-refractivity contribution in [1.82, 2.24) is 0 Å². The zero-order valence-electron chi connectivity index (χ0n) is 10.1. The average molecular weight is 364 g/mol. The Labute approximate surface area is 118 Å². The predicted octanol–water partition coefficient (Wildman–Crippen LogP) is 3.59. The third-order valence-electron chi connectivity index (χ3n) is 2.07. The van der Waals surface area contributed by atoms with Crippen molar-refractivity contribution < 1.29 is 4.79 Å². The smallest absolute Gasteiger partial charge is 0.226 e. The maximum absolute atomic E-state index is 11.8. The van der Waals surface area contributed by atoms with Gasteiger partial charge in [0.15, 0.2) is 0 Å². The quantitative estimate of drug-likeness (QED) is 0.862. The fourth-order valence-electron chi connectivity index (χ4n) is 1.42. The molecular formula is C12H16Br2N2O. The Morgan fingerprint density at radius 3 is 2.24 bits per heavy atom. The van der Waals surface area contributed by atoms with Crippen LogP contribution in [0.2, 0.25) is 0 Å². The molecule has 94 valence electrons. The molecule has 3 N–H and O–H groups in total. The van der Waals surface area contributed by atoms with E-state index in [1.807, 2.05) is 32.9 Å². The molecule has 0 aliphatic rings. The number of benzene rings is 1. The summed E-state index contributed by atoms with van der Waals surface area (Å²) in [4.78, 5) is 11.8. The number of carbonyl (C=O) groups excluding carboxylic acids is 1. The topological polar surface area (TPSA) is 55.1 Å². The van der Waals surface area contributed by atoms with E-state index in [0.29, 0.717) is 0 Å². The van der Waals surface area contributed by atoms with Crippen LogP contribution < -0.4 is 11.1 Å². The highest BCUT2D eigenvalue weighted by Crippen LogP contribution is 2.32. The molecule has 0 aromatic heterocycles. The number of nitrogens with one attached hydrogen (secondary N) is 1. The number of aryl methyl sites for hydroxylation is 1. The van der Waals surface area contributed by atoms with Crippen molar-refractivity contribution in [2.45, 2.75) is 32.7 Å². The monoisotopic (exact) mass is 362 g/mol. The van der Waals surface area contributed by atoms with Crippen LogP contribution >= 0.6 is 31.9 Å². The van der Waals surface area contributed by atoms with Gasteiger partial charge in [-0.15, -0.1) is 0 Å². The van der Waals surface area contributed by atoms with Crippen LogP contribution in [0.3, 0.4) is 0 Å². The molecule has 1 aromatic rings. The second-order valence-corrected chi connectivity index (χ2v) is 6.53. The van der Waals surface area contributed by atoms with Crippen LogP contribution in [0.5, 0.6) is 0 Å². The Bertz CT molecular complexity index is 416. The molecule has 0 heterocycles. The molecule has 0 spiro atoms. The summed E-state index contributed by atoms with van der Waals surface area (Å²) < 4.78 is 1.71. The molecule has 0 unspecified atom stereocenters. The molecule has 0 aliphatic carbocycles. The number of anilines is 1. The van der Waals surface area contributed by atoms with Crippen LogP contribution in [0.15, 0.2) is 21.1 Å². The molecule has 17 heavy (non-hydrogen) atoms. The molecule has 0 radical (unpaired) electrons. The molecule has 0 atom stereocenters. The van der Waals surface area contributed by atoms with Crippen molar-refractivity contribution in [2.75, 3.05) is 5.32 Å². The van der Waals surface area contributed by atoms with Crippen LogP contribution in [-0.2, 0) is 4.79 Å². The van der Waals surface area contributed by atoms with E-state index in [0.717, 1.165) is 20.2 Å². The number of halogens is 2. The Hall–Kier alpha value is -0.390. The van der Waals surface area contributed by atoms with Crippen LogP contribution in [0, 0.1) is 6.92 Å². The van der Waals surface area contributed by atoms with E-state index in [9.17, 15) is 4.79 Å². The fraction of sp³-hybridized carbons (Fsp3) is 0.417. The Morgan fingerprint density at radius 1 is 1.35 bits per heavy atom. The van der Waals surface area contributed by atoms with Gasteiger partial charge in [-0.05, 0) is 70.3 Å².